The summed E-state index contributed by atoms with van der Waals surface area (Å²) in [5.41, 5.74) is 7.60. The number of ether oxygens (including phenoxy) is 1. The Labute approximate surface area is 127 Å². The molecular weight excluding hydrogens is 316 g/mol. The van der Waals surface area contributed by atoms with E-state index in [2.05, 4.69) is 64.7 Å². The van der Waals surface area contributed by atoms with Gasteiger partial charge in [0.05, 0.1) is 12.6 Å². The number of benzene rings is 2. The maximum absolute atomic E-state index is 5.80. The number of para-hydroxylation sites is 1. The molecule has 0 saturated heterocycles. The second-order valence-electron chi connectivity index (χ2n) is 5.04. The first-order chi connectivity index (χ1) is 9.70. The third-order valence-electron chi connectivity index (χ3n) is 3.74. The number of halogens is 1. The molecule has 0 radical (unpaired) electrons. The number of hydrogen-bond donors (Lipinski definition) is 2. The van der Waals surface area contributed by atoms with Crippen molar-refractivity contribution in [1.82, 2.24) is 5.43 Å². The van der Waals surface area contributed by atoms with E-state index in [4.69, 9.17) is 10.6 Å². The van der Waals surface area contributed by atoms with E-state index < -0.39 is 0 Å². The predicted octanol–water partition coefficient (Wildman–Crippen LogP) is 3.25. The molecule has 20 heavy (non-hydrogen) atoms. The lowest BCUT2D eigenvalue weighted by atomic mass is 9.95. The molecule has 104 valence electrons. The highest BCUT2D eigenvalue weighted by molar-refractivity contribution is 9.10. The van der Waals surface area contributed by atoms with Crippen LogP contribution in [-0.2, 0) is 6.42 Å². The van der Waals surface area contributed by atoms with Gasteiger partial charge in [-0.1, -0.05) is 46.3 Å². The molecule has 1 unspecified atom stereocenters. The van der Waals surface area contributed by atoms with Crippen LogP contribution in [0.2, 0.25) is 0 Å². The minimum atomic E-state index is -0.0603. The minimum Gasteiger partial charge on any atom is -0.493 e. The van der Waals surface area contributed by atoms with E-state index in [0.717, 1.165) is 34.4 Å². The average Bonchev–Trinajstić information content (AvgIpc) is 2.93. The van der Waals surface area contributed by atoms with E-state index in [1.807, 2.05) is 0 Å². The van der Waals surface area contributed by atoms with Gasteiger partial charge in [-0.05, 0) is 29.7 Å². The molecule has 3 rings (SSSR count). The van der Waals surface area contributed by atoms with Gasteiger partial charge in [-0.15, -0.1) is 0 Å². The van der Waals surface area contributed by atoms with Gasteiger partial charge in [0.1, 0.15) is 5.75 Å². The minimum absolute atomic E-state index is 0.0603. The van der Waals surface area contributed by atoms with Crippen LogP contribution in [0.4, 0.5) is 0 Å². The standard InChI is InChI=1S/C16H17BrN2O/c1-10-9-12(5-6-14(10)17)15(19-18)13-4-2-3-11-7-8-20-16(11)13/h2-6,9,15,19H,7-8,18H2,1H3. The van der Waals surface area contributed by atoms with Crippen molar-refractivity contribution in [2.24, 2.45) is 5.84 Å². The van der Waals surface area contributed by atoms with Gasteiger partial charge >= 0.3 is 0 Å². The van der Waals surface area contributed by atoms with Gasteiger partial charge in [0.2, 0.25) is 0 Å². The molecule has 1 heterocycles. The topological polar surface area (TPSA) is 47.3 Å². The van der Waals surface area contributed by atoms with Crippen LogP contribution in [-0.4, -0.2) is 6.61 Å². The first-order valence-corrected chi connectivity index (χ1v) is 7.47. The van der Waals surface area contributed by atoms with Gasteiger partial charge in [-0.2, -0.15) is 0 Å². The second-order valence-corrected chi connectivity index (χ2v) is 5.90. The largest absolute Gasteiger partial charge is 0.493 e. The van der Waals surface area contributed by atoms with Gasteiger partial charge < -0.3 is 4.74 Å². The highest BCUT2D eigenvalue weighted by atomic mass is 79.9. The summed E-state index contributed by atoms with van der Waals surface area (Å²) in [4.78, 5) is 0. The smallest absolute Gasteiger partial charge is 0.127 e. The molecule has 0 amide bonds. The van der Waals surface area contributed by atoms with Crippen molar-refractivity contribution in [2.45, 2.75) is 19.4 Å². The SMILES string of the molecule is Cc1cc(C(NN)c2cccc3c2OCC3)ccc1Br. The molecular formula is C16H17BrN2O. The molecule has 1 aliphatic heterocycles. The van der Waals surface area contributed by atoms with Crippen molar-refractivity contribution >= 4 is 15.9 Å². The van der Waals surface area contributed by atoms with Crippen molar-refractivity contribution < 1.29 is 4.74 Å². The zero-order valence-electron chi connectivity index (χ0n) is 11.3. The maximum Gasteiger partial charge on any atom is 0.127 e. The second kappa shape index (κ2) is 5.56. The summed E-state index contributed by atoms with van der Waals surface area (Å²) in [7, 11) is 0. The summed E-state index contributed by atoms with van der Waals surface area (Å²) in [6.45, 7) is 2.83. The molecule has 1 atom stereocenters. The predicted molar refractivity (Wildman–Crippen MR) is 83.7 cm³/mol. The molecule has 4 heteroatoms. The molecule has 0 fully saturated rings. The molecule has 1 aliphatic rings. The fraction of sp³-hybridized carbons (Fsp3) is 0.250. The van der Waals surface area contributed by atoms with Crippen LogP contribution in [0, 0.1) is 6.92 Å². The van der Waals surface area contributed by atoms with Crippen LogP contribution in [0.1, 0.15) is 28.3 Å². The van der Waals surface area contributed by atoms with Crippen LogP contribution in [0.25, 0.3) is 0 Å². The fourth-order valence-corrected chi connectivity index (χ4v) is 2.93. The van der Waals surface area contributed by atoms with E-state index >= 15 is 0 Å². The Balaban J connectivity index is 2.06. The summed E-state index contributed by atoms with van der Waals surface area (Å²) >= 11 is 3.53. The van der Waals surface area contributed by atoms with E-state index in [1.54, 1.807) is 0 Å². The fourth-order valence-electron chi connectivity index (χ4n) is 2.68. The average molecular weight is 333 g/mol. The summed E-state index contributed by atoms with van der Waals surface area (Å²) < 4.78 is 6.89. The quantitative estimate of drug-likeness (QED) is 0.670. The lowest BCUT2D eigenvalue weighted by Crippen LogP contribution is -2.29. The van der Waals surface area contributed by atoms with Gasteiger partial charge in [-0.3, -0.25) is 5.84 Å². The summed E-state index contributed by atoms with van der Waals surface area (Å²) in [6, 6.07) is 12.5. The molecule has 0 bridgehead atoms. The normalized spacial score (nSPS) is 14.8. The van der Waals surface area contributed by atoms with Crippen molar-refractivity contribution in [3.05, 3.63) is 63.1 Å². The van der Waals surface area contributed by atoms with E-state index in [-0.39, 0.29) is 6.04 Å². The van der Waals surface area contributed by atoms with E-state index in [0.29, 0.717) is 0 Å². The molecule has 2 aromatic rings. The van der Waals surface area contributed by atoms with Crippen molar-refractivity contribution in [2.75, 3.05) is 6.61 Å². The molecule has 2 aromatic carbocycles. The van der Waals surface area contributed by atoms with E-state index in [1.165, 1.54) is 11.1 Å². The Hall–Kier alpha value is -1.36. The highest BCUT2D eigenvalue weighted by Gasteiger charge is 2.22. The molecule has 0 saturated carbocycles. The Morgan fingerprint density at radius 1 is 1.30 bits per heavy atom. The number of aryl methyl sites for hydroxylation is 1. The van der Waals surface area contributed by atoms with Crippen LogP contribution < -0.4 is 16.0 Å². The van der Waals surface area contributed by atoms with E-state index in [9.17, 15) is 0 Å². The van der Waals surface area contributed by atoms with Gasteiger partial charge in [0.15, 0.2) is 0 Å². The number of fused-ring (bicyclic) bond motifs is 1. The van der Waals surface area contributed by atoms with Crippen LogP contribution in [0.5, 0.6) is 5.75 Å². The molecule has 0 aliphatic carbocycles. The third kappa shape index (κ3) is 2.35. The summed E-state index contributed by atoms with van der Waals surface area (Å²) in [5.74, 6) is 6.78. The number of hydrogen-bond acceptors (Lipinski definition) is 3. The third-order valence-corrected chi connectivity index (χ3v) is 4.63. The Bertz CT molecular complexity index is 642. The molecule has 3 nitrogen and oxygen atoms in total. The van der Waals surface area contributed by atoms with Gasteiger partial charge in [0.25, 0.3) is 0 Å². The Morgan fingerprint density at radius 2 is 2.15 bits per heavy atom. The van der Waals surface area contributed by atoms with Crippen molar-refractivity contribution in [1.29, 1.82) is 0 Å². The monoisotopic (exact) mass is 332 g/mol. The van der Waals surface area contributed by atoms with Crippen molar-refractivity contribution in [3.8, 4) is 5.75 Å². The molecule has 0 spiro atoms. The molecule has 0 aromatic heterocycles. The van der Waals surface area contributed by atoms with Crippen LogP contribution in [0.15, 0.2) is 40.9 Å². The molecule has 3 N–H and O–H groups in total. The van der Waals surface area contributed by atoms with Crippen molar-refractivity contribution in [3.63, 3.8) is 0 Å². The summed E-state index contributed by atoms with van der Waals surface area (Å²) in [6.07, 6.45) is 0.972. The lowest BCUT2D eigenvalue weighted by Gasteiger charge is -2.20. The summed E-state index contributed by atoms with van der Waals surface area (Å²) in [5, 5.41) is 0. The lowest BCUT2D eigenvalue weighted by molar-refractivity contribution is 0.350. The number of hydrazine groups is 1. The van der Waals surface area contributed by atoms with Gasteiger partial charge in [-0.25, -0.2) is 5.43 Å². The Kier molecular flexibility index (Phi) is 3.78. The zero-order chi connectivity index (χ0) is 14.1. The maximum atomic E-state index is 5.80. The number of rotatable bonds is 3. The number of nitrogens with two attached hydrogens (primary N) is 1. The first kappa shape index (κ1) is 13.6. The van der Waals surface area contributed by atoms with Crippen LogP contribution in [0.3, 0.4) is 0 Å². The highest BCUT2D eigenvalue weighted by Crippen LogP contribution is 2.36. The zero-order valence-corrected chi connectivity index (χ0v) is 12.9. The van der Waals surface area contributed by atoms with Crippen LogP contribution >= 0.6 is 15.9 Å². The van der Waals surface area contributed by atoms with Gasteiger partial charge in [0, 0.05) is 16.5 Å². The number of nitrogens with one attached hydrogen (secondary N) is 1. The first-order valence-electron chi connectivity index (χ1n) is 6.67. The Morgan fingerprint density at radius 3 is 2.90 bits per heavy atom.